The van der Waals surface area contributed by atoms with Gasteiger partial charge < -0.3 is 11.1 Å². The van der Waals surface area contributed by atoms with E-state index in [2.05, 4.69) is 26.1 Å². The summed E-state index contributed by atoms with van der Waals surface area (Å²) in [6.07, 6.45) is 3.69. The van der Waals surface area contributed by atoms with E-state index in [0.717, 1.165) is 12.3 Å². The predicted octanol–water partition coefficient (Wildman–Crippen LogP) is 1.28. The van der Waals surface area contributed by atoms with Crippen molar-refractivity contribution >= 4 is 5.91 Å². The SMILES string of the molecule is CC1(C)C2CCC1(C)C(NC(=O)CN)C2. The third kappa shape index (κ3) is 1.32. The molecule has 0 aromatic heterocycles. The number of rotatable bonds is 2. The molecule has 2 fully saturated rings. The molecule has 3 nitrogen and oxygen atoms in total. The topological polar surface area (TPSA) is 55.1 Å². The maximum absolute atomic E-state index is 11.4. The fraction of sp³-hybridized carbons (Fsp3) is 0.917. The van der Waals surface area contributed by atoms with Crippen LogP contribution < -0.4 is 11.1 Å². The highest BCUT2D eigenvalue weighted by Crippen LogP contribution is 2.65. The molecule has 3 atom stereocenters. The second-order valence-electron chi connectivity index (χ2n) is 5.93. The summed E-state index contributed by atoms with van der Waals surface area (Å²) >= 11 is 0. The first-order chi connectivity index (χ1) is 6.91. The Balaban J connectivity index is 2.15. The molecule has 2 saturated carbocycles. The minimum Gasteiger partial charge on any atom is -0.352 e. The van der Waals surface area contributed by atoms with Gasteiger partial charge in [-0.1, -0.05) is 20.8 Å². The number of fused-ring (bicyclic) bond motifs is 2. The fourth-order valence-corrected chi connectivity index (χ4v) is 3.68. The number of nitrogens with one attached hydrogen (secondary N) is 1. The highest BCUT2D eigenvalue weighted by Gasteiger charge is 2.61. The van der Waals surface area contributed by atoms with Crippen LogP contribution in [0.1, 0.15) is 40.0 Å². The highest BCUT2D eigenvalue weighted by molar-refractivity contribution is 5.78. The molecule has 0 spiro atoms. The van der Waals surface area contributed by atoms with E-state index in [0.29, 0.717) is 11.5 Å². The van der Waals surface area contributed by atoms with E-state index < -0.39 is 0 Å². The molecule has 0 aromatic carbocycles. The summed E-state index contributed by atoms with van der Waals surface area (Å²) in [4.78, 5) is 11.4. The van der Waals surface area contributed by atoms with Crippen molar-refractivity contribution in [1.29, 1.82) is 0 Å². The van der Waals surface area contributed by atoms with Crippen LogP contribution in [0.5, 0.6) is 0 Å². The molecule has 0 aliphatic heterocycles. The monoisotopic (exact) mass is 210 g/mol. The Morgan fingerprint density at radius 1 is 1.47 bits per heavy atom. The number of carbonyl (C=O) groups excluding carboxylic acids is 1. The predicted molar refractivity (Wildman–Crippen MR) is 60.2 cm³/mol. The van der Waals surface area contributed by atoms with Gasteiger partial charge in [-0.05, 0) is 36.0 Å². The smallest absolute Gasteiger partial charge is 0.233 e. The molecule has 2 aliphatic carbocycles. The third-order valence-electron chi connectivity index (χ3n) is 5.31. The molecular weight excluding hydrogens is 188 g/mol. The Hall–Kier alpha value is -0.570. The van der Waals surface area contributed by atoms with E-state index in [9.17, 15) is 4.79 Å². The molecule has 3 unspecified atom stereocenters. The second kappa shape index (κ2) is 3.21. The Morgan fingerprint density at radius 2 is 2.13 bits per heavy atom. The van der Waals surface area contributed by atoms with Crippen LogP contribution in [0.2, 0.25) is 0 Å². The molecule has 2 aliphatic rings. The minimum absolute atomic E-state index is 0.00965. The lowest BCUT2D eigenvalue weighted by Crippen LogP contribution is -2.48. The van der Waals surface area contributed by atoms with Crippen molar-refractivity contribution in [1.82, 2.24) is 5.32 Å². The normalized spacial score (nSPS) is 41.9. The van der Waals surface area contributed by atoms with Crippen LogP contribution in [-0.4, -0.2) is 18.5 Å². The van der Waals surface area contributed by atoms with E-state index in [4.69, 9.17) is 5.73 Å². The van der Waals surface area contributed by atoms with Crippen LogP contribution in [0.3, 0.4) is 0 Å². The largest absolute Gasteiger partial charge is 0.352 e. The third-order valence-corrected chi connectivity index (χ3v) is 5.31. The van der Waals surface area contributed by atoms with Gasteiger partial charge in [-0.25, -0.2) is 0 Å². The molecule has 15 heavy (non-hydrogen) atoms. The molecule has 86 valence electrons. The van der Waals surface area contributed by atoms with Gasteiger partial charge in [0, 0.05) is 6.04 Å². The first-order valence-corrected chi connectivity index (χ1v) is 5.91. The van der Waals surface area contributed by atoms with Crippen molar-refractivity contribution < 1.29 is 4.79 Å². The first kappa shape index (κ1) is 10.9. The summed E-state index contributed by atoms with van der Waals surface area (Å²) in [7, 11) is 0. The van der Waals surface area contributed by atoms with Crippen LogP contribution in [0.4, 0.5) is 0 Å². The van der Waals surface area contributed by atoms with Crippen LogP contribution in [-0.2, 0) is 4.79 Å². The van der Waals surface area contributed by atoms with E-state index in [1.165, 1.54) is 12.8 Å². The summed E-state index contributed by atoms with van der Waals surface area (Å²) in [6, 6.07) is 0.335. The van der Waals surface area contributed by atoms with Crippen molar-refractivity contribution in [3.05, 3.63) is 0 Å². The summed E-state index contributed by atoms with van der Waals surface area (Å²) in [5.74, 6) is 0.759. The molecule has 0 saturated heterocycles. The van der Waals surface area contributed by atoms with Crippen LogP contribution in [0.25, 0.3) is 0 Å². The summed E-state index contributed by atoms with van der Waals surface area (Å²) < 4.78 is 0. The minimum atomic E-state index is -0.00965. The molecular formula is C12H22N2O. The van der Waals surface area contributed by atoms with E-state index in [1.54, 1.807) is 0 Å². The molecule has 3 heteroatoms. The standard InChI is InChI=1S/C12H22N2O/c1-11(2)8-4-5-12(11,3)9(6-8)14-10(15)7-13/h8-9H,4-7,13H2,1-3H3,(H,14,15). The average molecular weight is 210 g/mol. The van der Waals surface area contributed by atoms with Gasteiger partial charge in [0.2, 0.25) is 5.91 Å². The van der Waals surface area contributed by atoms with Crippen LogP contribution >= 0.6 is 0 Å². The molecule has 1 amide bonds. The zero-order valence-corrected chi connectivity index (χ0v) is 9.97. The highest BCUT2D eigenvalue weighted by atomic mass is 16.1. The molecule has 2 bridgehead atoms. The van der Waals surface area contributed by atoms with Crippen LogP contribution in [0.15, 0.2) is 0 Å². The van der Waals surface area contributed by atoms with Gasteiger partial charge in [0.25, 0.3) is 0 Å². The lowest BCUT2D eigenvalue weighted by Gasteiger charge is -2.39. The summed E-state index contributed by atoms with van der Waals surface area (Å²) in [5, 5.41) is 3.09. The molecule has 2 rings (SSSR count). The fourth-order valence-electron chi connectivity index (χ4n) is 3.68. The molecule has 0 heterocycles. The van der Waals surface area contributed by atoms with Crippen molar-refractivity contribution in [3.63, 3.8) is 0 Å². The van der Waals surface area contributed by atoms with Gasteiger partial charge in [-0.15, -0.1) is 0 Å². The van der Waals surface area contributed by atoms with Crippen LogP contribution in [0, 0.1) is 16.7 Å². The Kier molecular flexibility index (Phi) is 2.34. The van der Waals surface area contributed by atoms with Gasteiger partial charge >= 0.3 is 0 Å². The lowest BCUT2D eigenvalue weighted by molar-refractivity contribution is -0.121. The van der Waals surface area contributed by atoms with Gasteiger partial charge in [0.1, 0.15) is 0 Å². The number of carbonyl (C=O) groups is 1. The maximum atomic E-state index is 11.4. The van der Waals surface area contributed by atoms with Crippen molar-refractivity contribution in [2.24, 2.45) is 22.5 Å². The Morgan fingerprint density at radius 3 is 2.53 bits per heavy atom. The van der Waals surface area contributed by atoms with Gasteiger partial charge in [-0.2, -0.15) is 0 Å². The first-order valence-electron chi connectivity index (χ1n) is 5.91. The van der Waals surface area contributed by atoms with Gasteiger partial charge in [-0.3, -0.25) is 4.79 Å². The Bertz CT molecular complexity index is 287. The quantitative estimate of drug-likeness (QED) is 0.721. The second-order valence-corrected chi connectivity index (χ2v) is 5.93. The van der Waals surface area contributed by atoms with Gasteiger partial charge in [0.15, 0.2) is 0 Å². The average Bonchev–Trinajstić information content (AvgIpc) is 2.50. The number of hydrogen-bond acceptors (Lipinski definition) is 2. The molecule has 3 N–H and O–H groups in total. The van der Waals surface area contributed by atoms with Crippen molar-refractivity contribution in [3.8, 4) is 0 Å². The van der Waals surface area contributed by atoms with E-state index in [1.807, 2.05) is 0 Å². The van der Waals surface area contributed by atoms with E-state index >= 15 is 0 Å². The summed E-state index contributed by atoms with van der Waals surface area (Å²) in [5.41, 5.74) is 5.97. The van der Waals surface area contributed by atoms with E-state index in [-0.39, 0.29) is 17.9 Å². The molecule has 0 aromatic rings. The number of hydrogen-bond donors (Lipinski definition) is 2. The lowest BCUT2D eigenvalue weighted by atomic mass is 9.69. The summed E-state index contributed by atoms with van der Waals surface area (Å²) in [6.45, 7) is 7.12. The molecule has 0 radical (unpaired) electrons. The zero-order chi connectivity index (χ0) is 11.3. The van der Waals surface area contributed by atoms with Crippen molar-refractivity contribution in [2.45, 2.75) is 46.1 Å². The number of nitrogens with two attached hydrogens (primary N) is 1. The number of amides is 1. The zero-order valence-electron chi connectivity index (χ0n) is 9.97. The maximum Gasteiger partial charge on any atom is 0.233 e. The Labute approximate surface area is 91.8 Å². The van der Waals surface area contributed by atoms with Crippen molar-refractivity contribution in [2.75, 3.05) is 6.54 Å². The van der Waals surface area contributed by atoms with Gasteiger partial charge in [0.05, 0.1) is 6.54 Å².